The molecule has 2 aromatic carbocycles. The lowest BCUT2D eigenvalue weighted by Crippen LogP contribution is -2.31. The summed E-state index contributed by atoms with van der Waals surface area (Å²) in [6, 6.07) is 13.1. The summed E-state index contributed by atoms with van der Waals surface area (Å²) in [7, 11) is 4.26. The van der Waals surface area contributed by atoms with Gasteiger partial charge in [-0.05, 0) is 38.2 Å². The van der Waals surface area contributed by atoms with Gasteiger partial charge in [0.2, 0.25) is 5.89 Å². The molecule has 0 spiro atoms. The molecule has 1 unspecified atom stereocenters. The summed E-state index contributed by atoms with van der Waals surface area (Å²) < 4.78 is 46.4. The van der Waals surface area contributed by atoms with Crippen molar-refractivity contribution in [2.45, 2.75) is 32.0 Å². The monoisotopic (exact) mass is 497 g/mol. The predicted octanol–water partition coefficient (Wildman–Crippen LogP) is 4.26. The van der Waals surface area contributed by atoms with Crippen molar-refractivity contribution < 1.29 is 17.6 Å². The molecule has 0 radical (unpaired) electrons. The van der Waals surface area contributed by atoms with Gasteiger partial charge in [0.1, 0.15) is 11.5 Å². The number of benzene rings is 2. The zero-order valence-corrected chi connectivity index (χ0v) is 20.0. The van der Waals surface area contributed by atoms with E-state index in [-0.39, 0.29) is 18.0 Å². The molecule has 36 heavy (non-hydrogen) atoms. The van der Waals surface area contributed by atoms with Crippen molar-refractivity contribution in [1.29, 1.82) is 0 Å². The molecular weight excluding hydrogens is 471 g/mol. The highest BCUT2D eigenvalue weighted by atomic mass is 19.3. The van der Waals surface area contributed by atoms with Gasteiger partial charge in [0.25, 0.3) is 5.89 Å². The van der Waals surface area contributed by atoms with Gasteiger partial charge in [0.05, 0.1) is 12.7 Å². The van der Waals surface area contributed by atoms with Crippen molar-refractivity contribution in [2.24, 2.45) is 0 Å². The zero-order chi connectivity index (χ0) is 25.2. The average molecular weight is 498 g/mol. The highest BCUT2D eigenvalue weighted by Crippen LogP contribution is 2.25. The first-order valence-corrected chi connectivity index (χ1v) is 11.6. The van der Waals surface area contributed by atoms with Crippen molar-refractivity contribution in [3.8, 4) is 22.7 Å². The second-order valence-corrected chi connectivity index (χ2v) is 9.19. The lowest BCUT2D eigenvalue weighted by atomic mass is 10.1. The Kier molecular flexibility index (Phi) is 6.84. The average Bonchev–Trinajstić information content (AvgIpc) is 3.62. The second kappa shape index (κ2) is 10.2. The smallest absolute Gasteiger partial charge is 0.314 e. The van der Waals surface area contributed by atoms with Gasteiger partial charge in [-0.2, -0.15) is 8.78 Å². The van der Waals surface area contributed by atoms with Crippen LogP contribution < -0.4 is 0 Å². The van der Waals surface area contributed by atoms with Crippen LogP contribution in [-0.4, -0.2) is 68.2 Å². The lowest BCUT2D eigenvalue weighted by Gasteiger charge is -2.20. The second-order valence-electron chi connectivity index (χ2n) is 9.19. The van der Waals surface area contributed by atoms with E-state index in [0.717, 1.165) is 25.2 Å². The zero-order valence-electron chi connectivity index (χ0n) is 20.0. The van der Waals surface area contributed by atoms with E-state index in [9.17, 15) is 13.2 Å². The maximum Gasteiger partial charge on any atom is 0.314 e. The standard InChI is InChI=1S/C25H26F3N7O/c1-33(2)20-9-10-34(14-20)12-16-3-5-17(6-4-16)22-15-35(32-29-22)13-19-8-7-18(11-21(19)26)24-30-31-25(36-24)23(27)28/h3-8,11,15,20,23H,9-10,12-14H2,1-2H3. The first kappa shape index (κ1) is 24.1. The molecule has 0 aliphatic carbocycles. The van der Waals surface area contributed by atoms with Gasteiger partial charge in [-0.15, -0.1) is 15.3 Å². The number of rotatable bonds is 8. The van der Waals surface area contributed by atoms with Crippen molar-refractivity contribution in [3.63, 3.8) is 0 Å². The van der Waals surface area contributed by atoms with E-state index < -0.39 is 18.1 Å². The van der Waals surface area contributed by atoms with Crippen molar-refractivity contribution in [2.75, 3.05) is 27.2 Å². The maximum atomic E-state index is 14.7. The Labute approximate surface area is 206 Å². The summed E-state index contributed by atoms with van der Waals surface area (Å²) >= 11 is 0. The first-order valence-electron chi connectivity index (χ1n) is 11.6. The summed E-state index contributed by atoms with van der Waals surface area (Å²) in [5, 5.41) is 15.2. The van der Waals surface area contributed by atoms with Crippen LogP contribution in [-0.2, 0) is 13.1 Å². The molecule has 188 valence electrons. The molecule has 2 aromatic heterocycles. The minimum atomic E-state index is -2.88. The third-order valence-electron chi connectivity index (χ3n) is 6.43. The molecule has 0 amide bonds. The van der Waals surface area contributed by atoms with Gasteiger partial charge in [-0.25, -0.2) is 9.07 Å². The van der Waals surface area contributed by atoms with Crippen LogP contribution in [0, 0.1) is 5.82 Å². The van der Waals surface area contributed by atoms with E-state index in [1.807, 2.05) is 12.1 Å². The Morgan fingerprint density at radius 1 is 1.03 bits per heavy atom. The molecule has 4 aromatic rings. The fourth-order valence-electron chi connectivity index (χ4n) is 4.35. The van der Waals surface area contributed by atoms with Gasteiger partial charge in [0, 0.05) is 42.4 Å². The Morgan fingerprint density at radius 3 is 2.47 bits per heavy atom. The third-order valence-corrected chi connectivity index (χ3v) is 6.43. The number of hydrogen-bond donors (Lipinski definition) is 0. The molecule has 0 N–H and O–H groups in total. The van der Waals surface area contributed by atoms with Crippen molar-refractivity contribution in [1.82, 2.24) is 35.0 Å². The SMILES string of the molecule is CN(C)C1CCN(Cc2ccc(-c3cn(Cc4ccc(-c5nnc(C(F)F)o5)cc4F)nn3)cc2)C1. The van der Waals surface area contributed by atoms with Gasteiger partial charge in [0.15, 0.2) is 0 Å². The van der Waals surface area contributed by atoms with Crippen LogP contribution in [0.15, 0.2) is 53.1 Å². The molecular formula is C25H26F3N7O. The number of alkyl halides is 2. The molecule has 1 atom stereocenters. The minimum absolute atomic E-state index is 0.158. The van der Waals surface area contributed by atoms with Crippen LogP contribution in [0.4, 0.5) is 13.2 Å². The number of likely N-dealkylation sites (N-methyl/N-ethyl adjacent to an activating group) is 1. The number of aromatic nitrogens is 5. The highest BCUT2D eigenvalue weighted by molar-refractivity contribution is 5.58. The Hall–Kier alpha value is -3.57. The summed E-state index contributed by atoms with van der Waals surface area (Å²) in [6.07, 6.45) is 0.0694. The number of likely N-dealkylation sites (tertiary alicyclic amines) is 1. The molecule has 1 aliphatic heterocycles. The summed E-state index contributed by atoms with van der Waals surface area (Å²) in [4.78, 5) is 4.75. The van der Waals surface area contributed by atoms with Crippen molar-refractivity contribution in [3.05, 3.63) is 71.5 Å². The van der Waals surface area contributed by atoms with Crippen LogP contribution in [0.5, 0.6) is 0 Å². The summed E-state index contributed by atoms with van der Waals surface area (Å²) in [6.45, 7) is 3.25. The predicted molar refractivity (Wildman–Crippen MR) is 127 cm³/mol. The quantitative estimate of drug-likeness (QED) is 0.360. The molecule has 3 heterocycles. The van der Waals surface area contributed by atoms with E-state index in [0.29, 0.717) is 17.3 Å². The Morgan fingerprint density at radius 2 is 1.81 bits per heavy atom. The molecule has 1 aliphatic rings. The van der Waals surface area contributed by atoms with Gasteiger partial charge >= 0.3 is 6.43 Å². The van der Waals surface area contributed by atoms with Gasteiger partial charge in [-0.1, -0.05) is 35.5 Å². The van der Waals surface area contributed by atoms with Crippen LogP contribution in [0.2, 0.25) is 0 Å². The fourth-order valence-corrected chi connectivity index (χ4v) is 4.35. The van der Waals surface area contributed by atoms with Gasteiger partial charge in [-0.3, -0.25) is 4.90 Å². The van der Waals surface area contributed by atoms with E-state index in [2.05, 4.69) is 56.5 Å². The maximum absolute atomic E-state index is 14.7. The third kappa shape index (κ3) is 5.31. The number of nitrogens with zero attached hydrogens (tertiary/aromatic N) is 7. The van der Waals surface area contributed by atoms with Crippen LogP contribution >= 0.6 is 0 Å². The molecule has 11 heteroatoms. The molecule has 1 saturated heterocycles. The Bertz CT molecular complexity index is 1320. The molecule has 8 nitrogen and oxygen atoms in total. The topological polar surface area (TPSA) is 76.1 Å². The van der Waals surface area contributed by atoms with Crippen LogP contribution in [0.3, 0.4) is 0 Å². The van der Waals surface area contributed by atoms with Crippen LogP contribution in [0.25, 0.3) is 22.7 Å². The minimum Gasteiger partial charge on any atom is -0.415 e. The molecule has 0 saturated carbocycles. The summed E-state index contributed by atoms with van der Waals surface area (Å²) in [5.41, 5.74) is 3.45. The van der Waals surface area contributed by atoms with E-state index in [4.69, 9.17) is 4.42 Å². The Balaban J connectivity index is 1.22. The normalized spacial score (nSPS) is 16.5. The van der Waals surface area contributed by atoms with E-state index >= 15 is 0 Å². The summed E-state index contributed by atoms with van der Waals surface area (Å²) in [5.74, 6) is -1.50. The number of hydrogen-bond acceptors (Lipinski definition) is 7. The molecule has 0 bridgehead atoms. The lowest BCUT2D eigenvalue weighted by molar-refractivity contribution is 0.116. The molecule has 5 rings (SSSR count). The fraction of sp³-hybridized carbons (Fsp3) is 0.360. The highest BCUT2D eigenvalue weighted by Gasteiger charge is 2.23. The van der Waals surface area contributed by atoms with E-state index in [1.165, 1.54) is 24.1 Å². The van der Waals surface area contributed by atoms with Crippen molar-refractivity contribution >= 4 is 0 Å². The van der Waals surface area contributed by atoms with Gasteiger partial charge < -0.3 is 9.32 Å². The molecule has 1 fully saturated rings. The van der Waals surface area contributed by atoms with E-state index in [1.54, 1.807) is 16.9 Å². The number of halogens is 3. The van der Waals surface area contributed by atoms with Crippen LogP contribution in [0.1, 0.15) is 29.9 Å². The first-order chi connectivity index (χ1) is 17.4. The largest absolute Gasteiger partial charge is 0.415 e.